The van der Waals surface area contributed by atoms with Crippen molar-refractivity contribution >= 4 is 5.91 Å². The molecule has 1 saturated heterocycles. The number of carbonyl (C=O) groups excluding carboxylic acids is 1. The lowest BCUT2D eigenvalue weighted by Gasteiger charge is -2.40. The van der Waals surface area contributed by atoms with Crippen LogP contribution in [0.15, 0.2) is 146 Å². The first-order valence-corrected chi connectivity index (χ1v) is 35.6. The molecule has 0 bridgehead atoms. The van der Waals surface area contributed by atoms with E-state index in [-0.39, 0.29) is 18.9 Å². The minimum absolute atomic E-state index is 0.227. The number of hydrogen-bond donors (Lipinski definition) is 6. The van der Waals surface area contributed by atoms with Crippen LogP contribution in [0.25, 0.3) is 0 Å². The van der Waals surface area contributed by atoms with Crippen molar-refractivity contribution in [3.05, 3.63) is 146 Å². The highest BCUT2D eigenvalue weighted by molar-refractivity contribution is 5.76. The van der Waals surface area contributed by atoms with E-state index in [9.17, 15) is 30.3 Å². The number of aliphatic hydroxyl groups excluding tert-OH is 5. The van der Waals surface area contributed by atoms with Crippen LogP contribution >= 0.6 is 0 Å². The molecule has 0 saturated carbocycles. The fourth-order valence-electron chi connectivity index (χ4n) is 10.4. The summed E-state index contributed by atoms with van der Waals surface area (Å²) < 4.78 is 11.3. The Labute approximate surface area is 533 Å². The number of hydrogen-bond acceptors (Lipinski definition) is 8. The second kappa shape index (κ2) is 65.0. The molecule has 6 N–H and O–H groups in total. The zero-order chi connectivity index (χ0) is 62.8. The van der Waals surface area contributed by atoms with Gasteiger partial charge in [-0.1, -0.05) is 307 Å². The van der Waals surface area contributed by atoms with Gasteiger partial charge in [-0.15, -0.1) is 0 Å². The number of ether oxygens (including phenoxy) is 2. The van der Waals surface area contributed by atoms with E-state index in [1.54, 1.807) is 6.08 Å². The number of aliphatic hydroxyl groups is 5. The summed E-state index contributed by atoms with van der Waals surface area (Å²) in [4.78, 5) is 13.1. The lowest BCUT2D eigenvalue weighted by molar-refractivity contribution is -0.302. The summed E-state index contributed by atoms with van der Waals surface area (Å²) in [5.41, 5.74) is 0. The van der Waals surface area contributed by atoms with Crippen molar-refractivity contribution in [1.82, 2.24) is 5.32 Å². The van der Waals surface area contributed by atoms with E-state index in [2.05, 4.69) is 153 Å². The average Bonchev–Trinajstić information content (AvgIpc) is 3.47. The van der Waals surface area contributed by atoms with Crippen molar-refractivity contribution in [3.63, 3.8) is 0 Å². The van der Waals surface area contributed by atoms with Gasteiger partial charge in [-0.25, -0.2) is 0 Å². The Morgan fingerprint density at radius 1 is 0.402 bits per heavy atom. The van der Waals surface area contributed by atoms with E-state index in [1.165, 1.54) is 148 Å². The van der Waals surface area contributed by atoms with Crippen molar-refractivity contribution in [2.24, 2.45) is 0 Å². The second-order valence-corrected chi connectivity index (χ2v) is 23.9. The Morgan fingerprint density at radius 2 is 0.724 bits per heavy atom. The number of amides is 1. The highest BCUT2D eigenvalue weighted by Crippen LogP contribution is 2.23. The first-order valence-electron chi connectivity index (χ1n) is 35.6. The summed E-state index contributed by atoms with van der Waals surface area (Å²) in [6, 6.07) is -0.860. The Hall–Kier alpha value is -3.93. The minimum atomic E-state index is -1.59. The summed E-state index contributed by atoms with van der Waals surface area (Å²) >= 11 is 0. The lowest BCUT2D eigenvalue weighted by Crippen LogP contribution is -2.60. The Morgan fingerprint density at radius 3 is 1.10 bits per heavy atom. The molecule has 1 aliphatic rings. The van der Waals surface area contributed by atoms with Gasteiger partial charge in [0.15, 0.2) is 6.29 Å². The third-order valence-electron chi connectivity index (χ3n) is 15.9. The molecule has 7 atom stereocenters. The van der Waals surface area contributed by atoms with Gasteiger partial charge in [-0.05, 0) is 116 Å². The maximum absolute atomic E-state index is 13.1. The topological polar surface area (TPSA) is 149 Å². The fraction of sp³-hybridized carbons (Fsp3) is 0.679. The van der Waals surface area contributed by atoms with Gasteiger partial charge in [0.1, 0.15) is 24.4 Å². The normalized spacial score (nSPS) is 18.9. The van der Waals surface area contributed by atoms with Gasteiger partial charge in [0, 0.05) is 6.42 Å². The number of nitrogens with one attached hydrogen (secondary N) is 1. The molecule has 0 radical (unpaired) electrons. The minimum Gasteiger partial charge on any atom is -0.394 e. The second-order valence-electron chi connectivity index (χ2n) is 23.9. The van der Waals surface area contributed by atoms with Crippen LogP contribution in [0.1, 0.15) is 284 Å². The van der Waals surface area contributed by atoms with Crippen LogP contribution in [-0.2, 0) is 14.3 Å². The number of allylic oxidation sites excluding steroid dienone is 23. The maximum atomic E-state index is 13.1. The molecule has 1 rings (SSSR count). The summed E-state index contributed by atoms with van der Waals surface area (Å²) in [7, 11) is 0. The predicted octanol–water partition coefficient (Wildman–Crippen LogP) is 19.7. The van der Waals surface area contributed by atoms with E-state index >= 15 is 0 Å². The summed E-state index contributed by atoms with van der Waals surface area (Å²) in [5.74, 6) is -0.227. The molecule has 0 aromatic heterocycles. The first-order chi connectivity index (χ1) is 42.8. The number of unbranched alkanes of at least 4 members (excludes halogenated alkanes) is 28. The van der Waals surface area contributed by atoms with Gasteiger partial charge in [-0.2, -0.15) is 0 Å². The molecule has 87 heavy (non-hydrogen) atoms. The molecule has 496 valence electrons. The molecule has 9 heteroatoms. The zero-order valence-electron chi connectivity index (χ0n) is 55.5. The molecule has 1 amide bonds. The van der Waals surface area contributed by atoms with Gasteiger partial charge < -0.3 is 40.3 Å². The van der Waals surface area contributed by atoms with E-state index in [0.717, 1.165) is 103 Å². The third kappa shape index (κ3) is 53.6. The number of carbonyl (C=O) groups is 1. The van der Waals surface area contributed by atoms with Crippen LogP contribution in [0.5, 0.6) is 0 Å². The largest absolute Gasteiger partial charge is 0.394 e. The molecular weight excluding hydrogens is 1080 g/mol. The van der Waals surface area contributed by atoms with Crippen molar-refractivity contribution in [2.45, 2.75) is 326 Å². The van der Waals surface area contributed by atoms with Gasteiger partial charge in [0.2, 0.25) is 5.91 Å². The van der Waals surface area contributed by atoms with Crippen LogP contribution in [-0.4, -0.2) is 87.5 Å². The van der Waals surface area contributed by atoms with Crippen molar-refractivity contribution in [2.75, 3.05) is 13.2 Å². The molecule has 1 aliphatic heterocycles. The molecular formula is C78H131NO8. The Balaban J connectivity index is 2.22. The zero-order valence-corrected chi connectivity index (χ0v) is 55.5. The smallest absolute Gasteiger partial charge is 0.220 e. The molecule has 0 aromatic carbocycles. The van der Waals surface area contributed by atoms with Crippen LogP contribution in [0.2, 0.25) is 0 Å². The van der Waals surface area contributed by atoms with E-state index < -0.39 is 49.5 Å². The lowest BCUT2D eigenvalue weighted by atomic mass is 9.99. The van der Waals surface area contributed by atoms with E-state index in [0.29, 0.717) is 12.8 Å². The molecule has 7 unspecified atom stereocenters. The van der Waals surface area contributed by atoms with Crippen LogP contribution in [0.3, 0.4) is 0 Å². The summed E-state index contributed by atoms with van der Waals surface area (Å²) in [6.07, 6.45) is 93.9. The van der Waals surface area contributed by atoms with E-state index in [1.807, 2.05) is 6.08 Å². The first kappa shape index (κ1) is 81.1. The van der Waals surface area contributed by atoms with Crippen molar-refractivity contribution < 1.29 is 39.8 Å². The SMILES string of the molecule is CC/C=C\C/C=C\C/C=C\C/C=C\C/C=C\C/C=C\C/C=C\C/C=C\C/C=C\CCCCCC(=O)NC(COC1OC(CO)C(O)C(O)C1O)C(O)/C=C/CC/C=C/CC/C=C/CCCCCCCCCCCCCCCCCCCCCCCCC. The van der Waals surface area contributed by atoms with Gasteiger partial charge in [-0.3, -0.25) is 4.79 Å². The fourth-order valence-corrected chi connectivity index (χ4v) is 10.4. The predicted molar refractivity (Wildman–Crippen MR) is 373 cm³/mol. The van der Waals surface area contributed by atoms with Gasteiger partial charge in [0.05, 0.1) is 25.4 Å². The van der Waals surface area contributed by atoms with Gasteiger partial charge >= 0.3 is 0 Å². The highest BCUT2D eigenvalue weighted by Gasteiger charge is 2.44. The standard InChI is InChI=1S/C78H131NO8/c1-3-5-7-9-11-13-15-17-19-21-23-25-27-29-31-33-35-36-38-39-41-43-45-47-49-51-53-55-57-59-61-63-65-67-72(81)71(70-86-78-77(85)76(84)75(83)73(69-80)87-78)79-74(82)68-66-64-62-60-58-56-54-52-50-48-46-44-42-40-37-34-32-30-28-26-24-22-20-18-16-14-12-10-8-6-4-2/h6,8,12,14,18,20,24,26,30,32,37,40,44,46,49-52,56-59,65,67,71-73,75-78,80-81,83-85H,3-5,7,9-11,13,15-17,19,21-23,25,27-29,31,33-36,38-39,41-43,45,47-48,53-55,60-64,66,68-70H2,1-2H3,(H,79,82)/b8-6-,14-12-,20-18-,26-24-,32-30-,40-37-,46-44-,51-49+,52-50-,58-56-,59-57+,67-65+. The van der Waals surface area contributed by atoms with Crippen molar-refractivity contribution in [3.8, 4) is 0 Å². The molecule has 0 spiro atoms. The maximum Gasteiger partial charge on any atom is 0.220 e. The highest BCUT2D eigenvalue weighted by atomic mass is 16.7. The quantitative estimate of drug-likeness (QED) is 0.0261. The molecule has 1 heterocycles. The van der Waals surface area contributed by atoms with Crippen LogP contribution < -0.4 is 5.32 Å². The summed E-state index contributed by atoms with van der Waals surface area (Å²) in [5, 5.41) is 54.7. The molecule has 9 nitrogen and oxygen atoms in total. The van der Waals surface area contributed by atoms with Gasteiger partial charge in [0.25, 0.3) is 0 Å². The van der Waals surface area contributed by atoms with E-state index in [4.69, 9.17) is 9.47 Å². The van der Waals surface area contributed by atoms with Crippen LogP contribution in [0.4, 0.5) is 0 Å². The monoisotopic (exact) mass is 1210 g/mol. The number of rotatable bonds is 60. The third-order valence-corrected chi connectivity index (χ3v) is 15.9. The molecule has 0 aromatic rings. The Kier molecular flexibility index (Phi) is 60.6. The van der Waals surface area contributed by atoms with Crippen LogP contribution in [0, 0.1) is 0 Å². The molecule has 1 fully saturated rings. The average molecular weight is 1210 g/mol. The summed E-state index contributed by atoms with van der Waals surface area (Å²) in [6.45, 7) is 3.64. The Bertz CT molecular complexity index is 1890. The molecule has 0 aliphatic carbocycles. The van der Waals surface area contributed by atoms with Crippen molar-refractivity contribution in [1.29, 1.82) is 0 Å².